The molecule has 2 aromatic heterocycles. The molecule has 2 aliphatic heterocycles. The summed E-state index contributed by atoms with van der Waals surface area (Å²) in [5.74, 6) is 0.0871. The predicted octanol–water partition coefficient (Wildman–Crippen LogP) is 6.10. The van der Waals surface area contributed by atoms with Gasteiger partial charge in [0.15, 0.2) is 0 Å². The quantitative estimate of drug-likeness (QED) is 0.0863. The summed E-state index contributed by atoms with van der Waals surface area (Å²) in [6.45, 7) is 15.3. The number of hydrogen-bond acceptors (Lipinski definition) is 13. The SMILES string of the molecule is Cc1ncsc1-c1ccc([C@H](C)NC(=O)[C@@H]2C[C@@H](O)CN2C(=O)[C@H](C)NC(=O)CN[C@H]2C[C@H](OC3CCN(c4ccc(C(=O)N[C@H]5C(C)(C)[C@H](Oc6ccc(C#N)c(Cl)c6)C5(C)C)cn4)CC3)C2)cc1. The molecule has 4 aromatic rings. The topological polar surface area (TPSA) is 211 Å². The van der Waals surface area contributed by atoms with Crippen LogP contribution in [0.15, 0.2) is 66.3 Å². The minimum atomic E-state index is -0.887. The molecule has 5 N–H and O–H groups in total. The molecule has 4 fully saturated rings. The standard InChI is InChI=1S/C52H64ClN9O7S/c1-29(32-8-10-33(11-9-32)45-30(2)57-28-70-45)59-47(66)42-22-37(63)27-62(42)48(67)31(3)58-44(64)26-55-36-20-40(21-36)68-38-16-18-61(19-17-38)43-15-13-35(25-56-43)46(65)60-49-51(4,5)50(52(49,6)7)69-39-14-12-34(24-54)41(53)23-39/h8-15,23,25,28-29,31,36-38,40,42,49-50,55,63H,16-22,26-27H2,1-7H3,(H,58,64)(H,59,66)(H,60,65)/t29-,31-,36-,37+,40-,42-,49-,50-/m0/s1. The number of nitrogens with zero attached hydrogens (tertiary/aromatic N) is 5. The Hall–Kier alpha value is -5.64. The Labute approximate surface area is 418 Å². The number of piperidine rings is 1. The highest BCUT2D eigenvalue weighted by atomic mass is 35.5. The first-order chi connectivity index (χ1) is 33.3. The van der Waals surface area contributed by atoms with Crippen molar-refractivity contribution in [1.82, 2.24) is 36.1 Å². The molecular formula is C52H64ClN9O7S. The van der Waals surface area contributed by atoms with E-state index in [1.807, 2.05) is 55.8 Å². The predicted molar refractivity (Wildman–Crippen MR) is 267 cm³/mol. The van der Waals surface area contributed by atoms with Crippen molar-refractivity contribution in [2.24, 2.45) is 10.8 Å². The summed E-state index contributed by atoms with van der Waals surface area (Å²) in [7, 11) is 0. The van der Waals surface area contributed by atoms with Crippen molar-refractivity contribution in [3.8, 4) is 22.3 Å². The fourth-order valence-electron chi connectivity index (χ4n) is 10.9. The van der Waals surface area contributed by atoms with Gasteiger partial charge in [-0.05, 0) is 81.8 Å². The van der Waals surface area contributed by atoms with Crippen LogP contribution in [0.2, 0.25) is 5.02 Å². The number of amides is 4. The number of aryl methyl sites for hydroxylation is 1. The zero-order valence-electron chi connectivity index (χ0n) is 40.8. The van der Waals surface area contributed by atoms with Gasteiger partial charge in [-0.2, -0.15) is 5.26 Å². The molecule has 372 valence electrons. The number of ether oxygens (including phenoxy) is 2. The van der Waals surface area contributed by atoms with Crippen molar-refractivity contribution in [1.29, 1.82) is 5.26 Å². The number of aliphatic hydroxyl groups is 1. The lowest BCUT2D eigenvalue weighted by Crippen LogP contribution is -2.74. The fourth-order valence-corrected chi connectivity index (χ4v) is 11.9. The van der Waals surface area contributed by atoms with Crippen molar-refractivity contribution in [3.05, 3.63) is 93.7 Å². The van der Waals surface area contributed by atoms with E-state index in [4.69, 9.17) is 21.1 Å². The molecule has 0 radical (unpaired) electrons. The van der Waals surface area contributed by atoms with Crippen LogP contribution in [0.5, 0.6) is 5.75 Å². The van der Waals surface area contributed by atoms with Gasteiger partial charge in [-0.1, -0.05) is 63.6 Å². The molecule has 4 heterocycles. The van der Waals surface area contributed by atoms with Gasteiger partial charge in [0.1, 0.15) is 35.8 Å². The summed E-state index contributed by atoms with van der Waals surface area (Å²) in [4.78, 5) is 67.1. The van der Waals surface area contributed by atoms with Gasteiger partial charge in [0.25, 0.3) is 5.91 Å². The van der Waals surface area contributed by atoms with Crippen LogP contribution >= 0.6 is 22.9 Å². The van der Waals surface area contributed by atoms with Crippen molar-refractivity contribution in [2.75, 3.05) is 31.1 Å². The van der Waals surface area contributed by atoms with E-state index >= 15 is 0 Å². The van der Waals surface area contributed by atoms with E-state index in [-0.39, 0.29) is 84.5 Å². The van der Waals surface area contributed by atoms with Crippen LogP contribution in [-0.2, 0) is 19.1 Å². The number of aliphatic hydroxyl groups excluding tert-OH is 1. The van der Waals surface area contributed by atoms with E-state index in [2.05, 4.69) is 69.9 Å². The van der Waals surface area contributed by atoms with Crippen molar-refractivity contribution >= 4 is 52.4 Å². The highest BCUT2D eigenvalue weighted by Crippen LogP contribution is 2.55. The third kappa shape index (κ3) is 11.0. The van der Waals surface area contributed by atoms with Crippen LogP contribution in [0.4, 0.5) is 5.82 Å². The number of likely N-dealkylation sites (tertiary alicyclic amines) is 1. The number of anilines is 1. The van der Waals surface area contributed by atoms with E-state index in [9.17, 15) is 29.5 Å². The number of thiazole rings is 1. The Balaban J connectivity index is 0.715. The zero-order chi connectivity index (χ0) is 50.1. The van der Waals surface area contributed by atoms with Gasteiger partial charge in [0.2, 0.25) is 17.7 Å². The minimum absolute atomic E-state index is 0.0115. The number of carbonyl (C=O) groups excluding carboxylic acids is 4. The molecule has 0 unspecified atom stereocenters. The zero-order valence-corrected chi connectivity index (χ0v) is 42.4. The van der Waals surface area contributed by atoms with Gasteiger partial charge in [0, 0.05) is 61.2 Å². The number of rotatable bonds is 16. The van der Waals surface area contributed by atoms with Crippen LogP contribution in [-0.4, -0.2) is 118 Å². The smallest absolute Gasteiger partial charge is 0.253 e. The summed E-state index contributed by atoms with van der Waals surface area (Å²) in [6, 6.07) is 16.6. The van der Waals surface area contributed by atoms with Gasteiger partial charge in [0.05, 0.1) is 63.1 Å². The van der Waals surface area contributed by atoms with Crippen LogP contribution in [0.3, 0.4) is 0 Å². The molecule has 4 amide bonds. The molecule has 4 atom stereocenters. The second-order valence-electron chi connectivity index (χ2n) is 20.5. The van der Waals surface area contributed by atoms with E-state index in [0.717, 1.165) is 66.3 Å². The molecule has 8 rings (SSSR count). The van der Waals surface area contributed by atoms with Gasteiger partial charge >= 0.3 is 0 Å². The summed E-state index contributed by atoms with van der Waals surface area (Å²) in [5, 5.41) is 32.4. The van der Waals surface area contributed by atoms with E-state index in [1.54, 1.807) is 42.7 Å². The number of aromatic nitrogens is 2. The van der Waals surface area contributed by atoms with Crippen LogP contribution < -0.4 is 30.9 Å². The normalized spacial score (nSPS) is 24.6. The summed E-state index contributed by atoms with van der Waals surface area (Å²) < 4.78 is 12.8. The van der Waals surface area contributed by atoms with Crippen LogP contribution in [0.1, 0.15) is 107 Å². The highest BCUT2D eigenvalue weighted by Gasteiger charge is 2.64. The maximum atomic E-state index is 13.5. The number of carbonyl (C=O) groups is 4. The molecule has 0 bridgehead atoms. The van der Waals surface area contributed by atoms with Crippen LogP contribution in [0.25, 0.3) is 10.4 Å². The van der Waals surface area contributed by atoms with E-state index in [0.29, 0.717) is 21.9 Å². The summed E-state index contributed by atoms with van der Waals surface area (Å²) in [5.41, 5.74) is 4.84. The van der Waals surface area contributed by atoms with Crippen molar-refractivity contribution in [3.63, 3.8) is 0 Å². The number of hydrogen-bond donors (Lipinski definition) is 5. The molecule has 2 aromatic carbocycles. The first-order valence-electron chi connectivity index (χ1n) is 24.2. The maximum Gasteiger partial charge on any atom is 0.253 e. The number of nitriles is 1. The summed E-state index contributed by atoms with van der Waals surface area (Å²) in [6.07, 6.45) is 4.13. The molecule has 18 heteroatoms. The molecule has 2 saturated heterocycles. The lowest BCUT2D eigenvalue weighted by atomic mass is 9.49. The Bertz CT molecular complexity index is 2570. The lowest BCUT2D eigenvalue weighted by molar-refractivity contribution is -0.164. The number of β-amino-alcohol motifs (C(OH)–C–C–N with tert-alkyl or cyclic N) is 1. The summed E-state index contributed by atoms with van der Waals surface area (Å²) >= 11 is 7.83. The number of nitrogens with one attached hydrogen (secondary N) is 4. The van der Waals surface area contributed by atoms with Gasteiger partial charge in [-0.25, -0.2) is 9.97 Å². The average Bonchev–Trinajstić information content (AvgIpc) is 3.95. The fraction of sp³-hybridized carbons (Fsp3) is 0.519. The second-order valence-corrected chi connectivity index (χ2v) is 21.8. The van der Waals surface area contributed by atoms with Gasteiger partial charge in [-0.15, -0.1) is 11.3 Å². The monoisotopic (exact) mass is 993 g/mol. The molecule has 2 saturated carbocycles. The van der Waals surface area contributed by atoms with Gasteiger partial charge < -0.3 is 45.6 Å². The van der Waals surface area contributed by atoms with Crippen LogP contribution in [0, 0.1) is 29.1 Å². The largest absolute Gasteiger partial charge is 0.489 e. The molecule has 2 aliphatic carbocycles. The van der Waals surface area contributed by atoms with Crippen molar-refractivity contribution < 1.29 is 33.8 Å². The Kier molecular flexibility index (Phi) is 15.2. The number of benzene rings is 2. The second kappa shape index (κ2) is 21.0. The van der Waals surface area contributed by atoms with Crippen molar-refractivity contribution in [2.45, 2.75) is 135 Å². The number of halogens is 1. The number of pyridine rings is 1. The highest BCUT2D eigenvalue weighted by molar-refractivity contribution is 7.13. The average molecular weight is 995 g/mol. The first kappa shape index (κ1) is 50.7. The molecule has 70 heavy (non-hydrogen) atoms. The third-order valence-corrected chi connectivity index (χ3v) is 15.9. The molecule has 0 spiro atoms. The molecule has 4 aliphatic rings. The third-order valence-electron chi connectivity index (χ3n) is 14.6. The van der Waals surface area contributed by atoms with E-state index in [1.165, 1.54) is 4.90 Å². The molecular weight excluding hydrogens is 930 g/mol. The van der Waals surface area contributed by atoms with E-state index < -0.39 is 24.1 Å². The molecule has 16 nitrogen and oxygen atoms in total. The Morgan fingerprint density at radius 2 is 1.67 bits per heavy atom. The maximum absolute atomic E-state index is 13.5. The van der Waals surface area contributed by atoms with Gasteiger partial charge in [-0.3, -0.25) is 19.2 Å². The minimum Gasteiger partial charge on any atom is -0.489 e. The Morgan fingerprint density at radius 1 is 0.957 bits per heavy atom. The Morgan fingerprint density at radius 3 is 2.30 bits per heavy atom. The lowest BCUT2D eigenvalue weighted by Gasteiger charge is -2.63. The first-order valence-corrected chi connectivity index (χ1v) is 25.4.